The van der Waals surface area contributed by atoms with Crippen molar-refractivity contribution in [2.24, 2.45) is 0 Å². The molecule has 0 fully saturated rings. The first-order valence-electron chi connectivity index (χ1n) is 7.50. The van der Waals surface area contributed by atoms with Crippen LogP contribution in [0.3, 0.4) is 0 Å². The topological polar surface area (TPSA) is 62.6 Å². The van der Waals surface area contributed by atoms with Crippen LogP contribution in [0.2, 0.25) is 10.0 Å². The minimum absolute atomic E-state index is 0.0832. The van der Waals surface area contributed by atoms with Gasteiger partial charge in [-0.1, -0.05) is 30.1 Å². The van der Waals surface area contributed by atoms with E-state index < -0.39 is 0 Å². The summed E-state index contributed by atoms with van der Waals surface area (Å²) in [6.45, 7) is 4.03. The Morgan fingerprint density at radius 3 is 2.62 bits per heavy atom. The summed E-state index contributed by atoms with van der Waals surface area (Å²) >= 11 is 11.9. The molecule has 1 aromatic carbocycles. The lowest BCUT2D eigenvalue weighted by Crippen LogP contribution is -2.38. The number of amides is 2. The number of nitrogens with zero attached hydrogens (tertiary/aromatic N) is 1. The molecule has 0 bridgehead atoms. The monoisotopic (exact) mass is 368 g/mol. The predicted octanol–water partition coefficient (Wildman–Crippen LogP) is 4.39. The second-order valence-corrected chi connectivity index (χ2v) is 6.13. The molecule has 1 N–H and O–H groups in total. The van der Waals surface area contributed by atoms with Gasteiger partial charge in [0.2, 0.25) is 5.91 Å². The number of hydrogen-bond donors (Lipinski definition) is 1. The molecule has 0 saturated heterocycles. The first-order valence-corrected chi connectivity index (χ1v) is 8.26. The molecule has 2 amide bonds. The van der Waals surface area contributed by atoms with Crippen LogP contribution in [-0.4, -0.2) is 29.8 Å². The maximum Gasteiger partial charge on any atom is 0.257 e. The number of halogens is 2. The molecule has 5 nitrogen and oxygen atoms in total. The van der Waals surface area contributed by atoms with E-state index in [1.807, 2.05) is 6.92 Å². The van der Waals surface area contributed by atoms with E-state index in [0.29, 0.717) is 33.6 Å². The van der Waals surface area contributed by atoms with Crippen LogP contribution in [0, 0.1) is 6.92 Å². The zero-order chi connectivity index (χ0) is 17.7. The summed E-state index contributed by atoms with van der Waals surface area (Å²) < 4.78 is 5.16. The summed E-state index contributed by atoms with van der Waals surface area (Å²) in [5.74, 6) is -0.0584. The molecule has 0 spiro atoms. The van der Waals surface area contributed by atoms with Crippen LogP contribution in [0.5, 0.6) is 0 Å². The predicted molar refractivity (Wildman–Crippen MR) is 94.7 cm³/mol. The lowest BCUT2D eigenvalue weighted by Gasteiger charge is -2.21. The van der Waals surface area contributed by atoms with Gasteiger partial charge < -0.3 is 14.6 Å². The third kappa shape index (κ3) is 4.52. The number of hydrogen-bond acceptors (Lipinski definition) is 3. The van der Waals surface area contributed by atoms with E-state index in [1.165, 1.54) is 11.2 Å². The van der Waals surface area contributed by atoms with Crippen LogP contribution in [0.1, 0.15) is 29.5 Å². The maximum absolute atomic E-state index is 12.6. The fourth-order valence-corrected chi connectivity index (χ4v) is 2.59. The van der Waals surface area contributed by atoms with Crippen molar-refractivity contribution in [2.45, 2.75) is 20.3 Å². The van der Waals surface area contributed by atoms with E-state index in [0.717, 1.165) is 6.42 Å². The second-order valence-electron chi connectivity index (χ2n) is 5.29. The lowest BCUT2D eigenvalue weighted by molar-refractivity contribution is -0.116. The van der Waals surface area contributed by atoms with Crippen molar-refractivity contribution in [1.29, 1.82) is 0 Å². The van der Waals surface area contributed by atoms with Gasteiger partial charge in [-0.25, -0.2) is 0 Å². The van der Waals surface area contributed by atoms with Crippen LogP contribution in [-0.2, 0) is 4.79 Å². The number of carbonyl (C=O) groups excluding carboxylic acids is 2. The molecule has 0 radical (unpaired) electrons. The van der Waals surface area contributed by atoms with Crippen molar-refractivity contribution < 1.29 is 14.0 Å². The van der Waals surface area contributed by atoms with Gasteiger partial charge in [0.05, 0.1) is 22.5 Å². The molecule has 128 valence electrons. The van der Waals surface area contributed by atoms with E-state index in [2.05, 4.69) is 5.32 Å². The first-order chi connectivity index (χ1) is 11.4. The summed E-state index contributed by atoms with van der Waals surface area (Å²) in [6.07, 6.45) is 2.19. The summed E-state index contributed by atoms with van der Waals surface area (Å²) in [6, 6.07) is 6.40. The third-order valence-corrected chi connectivity index (χ3v) is 3.97. The van der Waals surface area contributed by atoms with Crippen molar-refractivity contribution in [2.75, 3.05) is 18.4 Å². The highest BCUT2D eigenvalue weighted by Crippen LogP contribution is 2.25. The second kappa shape index (κ2) is 8.22. The zero-order valence-electron chi connectivity index (χ0n) is 13.4. The summed E-state index contributed by atoms with van der Waals surface area (Å²) in [4.78, 5) is 26.3. The van der Waals surface area contributed by atoms with Gasteiger partial charge in [-0.3, -0.25) is 9.59 Å². The molecule has 1 aromatic heterocycles. The fraction of sp³-hybridized carbons (Fsp3) is 0.294. The smallest absolute Gasteiger partial charge is 0.257 e. The fourth-order valence-electron chi connectivity index (χ4n) is 2.26. The Morgan fingerprint density at radius 2 is 2.00 bits per heavy atom. The van der Waals surface area contributed by atoms with Gasteiger partial charge in [-0.05, 0) is 37.6 Å². The molecule has 0 atom stereocenters. The van der Waals surface area contributed by atoms with Gasteiger partial charge >= 0.3 is 0 Å². The number of aryl methyl sites for hydroxylation is 1. The number of rotatable bonds is 6. The molecule has 0 saturated carbocycles. The molecule has 7 heteroatoms. The highest BCUT2D eigenvalue weighted by molar-refractivity contribution is 6.35. The van der Waals surface area contributed by atoms with E-state index in [-0.39, 0.29) is 18.4 Å². The van der Waals surface area contributed by atoms with Gasteiger partial charge in [0.1, 0.15) is 12.3 Å². The molecule has 2 aromatic rings. The molecule has 24 heavy (non-hydrogen) atoms. The normalized spacial score (nSPS) is 10.5. The van der Waals surface area contributed by atoms with E-state index >= 15 is 0 Å². The van der Waals surface area contributed by atoms with Crippen LogP contribution in [0.25, 0.3) is 0 Å². The standard InChI is InChI=1S/C17H18Cl2N2O3/c1-3-7-21(17(23)13-6-8-24-11(13)2)10-16(22)20-15-9-12(18)4-5-14(15)19/h4-6,8-9H,3,7,10H2,1-2H3,(H,20,22). The largest absolute Gasteiger partial charge is 0.469 e. The molecule has 0 aliphatic carbocycles. The van der Waals surface area contributed by atoms with Crippen molar-refractivity contribution >= 4 is 40.7 Å². The Labute approximate surface area is 150 Å². The van der Waals surface area contributed by atoms with E-state index in [9.17, 15) is 9.59 Å². The van der Waals surface area contributed by atoms with E-state index in [4.69, 9.17) is 27.6 Å². The van der Waals surface area contributed by atoms with Crippen LogP contribution in [0.15, 0.2) is 34.9 Å². The highest BCUT2D eigenvalue weighted by atomic mass is 35.5. The van der Waals surface area contributed by atoms with E-state index in [1.54, 1.807) is 31.2 Å². The molecular weight excluding hydrogens is 351 g/mol. The van der Waals surface area contributed by atoms with Gasteiger partial charge in [0, 0.05) is 11.6 Å². The third-order valence-electron chi connectivity index (χ3n) is 3.41. The molecule has 2 rings (SSSR count). The lowest BCUT2D eigenvalue weighted by atomic mass is 10.2. The van der Waals surface area contributed by atoms with Crippen molar-refractivity contribution in [3.05, 3.63) is 51.9 Å². The Kier molecular flexibility index (Phi) is 6.29. The van der Waals surface area contributed by atoms with Crippen molar-refractivity contribution in [3.8, 4) is 0 Å². The Bertz CT molecular complexity index is 743. The molecule has 0 aliphatic rings. The van der Waals surface area contributed by atoms with Crippen LogP contribution < -0.4 is 5.32 Å². The quantitative estimate of drug-likeness (QED) is 0.822. The SMILES string of the molecule is CCCN(CC(=O)Nc1cc(Cl)ccc1Cl)C(=O)c1ccoc1C. The average Bonchev–Trinajstić information content (AvgIpc) is 2.96. The van der Waals surface area contributed by atoms with Crippen molar-refractivity contribution in [1.82, 2.24) is 4.90 Å². The van der Waals surface area contributed by atoms with Gasteiger partial charge in [-0.2, -0.15) is 0 Å². The maximum atomic E-state index is 12.6. The first kappa shape index (κ1) is 18.4. The van der Waals surface area contributed by atoms with Crippen LogP contribution >= 0.6 is 23.2 Å². The number of benzene rings is 1. The zero-order valence-corrected chi connectivity index (χ0v) is 14.9. The molecular formula is C17H18Cl2N2O3. The van der Waals surface area contributed by atoms with Crippen LogP contribution in [0.4, 0.5) is 5.69 Å². The summed E-state index contributed by atoms with van der Waals surface area (Å²) in [5.41, 5.74) is 0.870. The minimum Gasteiger partial charge on any atom is -0.469 e. The van der Waals surface area contributed by atoms with Crippen molar-refractivity contribution in [3.63, 3.8) is 0 Å². The number of furan rings is 1. The Balaban J connectivity index is 2.09. The molecule has 0 unspecified atom stereocenters. The number of nitrogens with one attached hydrogen (secondary N) is 1. The van der Waals surface area contributed by atoms with Gasteiger partial charge in [-0.15, -0.1) is 0 Å². The van der Waals surface area contributed by atoms with Gasteiger partial charge in [0.15, 0.2) is 0 Å². The summed E-state index contributed by atoms with van der Waals surface area (Å²) in [5, 5.41) is 3.53. The average molecular weight is 369 g/mol. The minimum atomic E-state index is -0.345. The highest BCUT2D eigenvalue weighted by Gasteiger charge is 2.21. The molecule has 0 aliphatic heterocycles. The van der Waals surface area contributed by atoms with Gasteiger partial charge in [0.25, 0.3) is 5.91 Å². The molecule has 1 heterocycles. The summed E-state index contributed by atoms with van der Waals surface area (Å²) in [7, 11) is 0. The Hall–Kier alpha value is -1.98. The Morgan fingerprint density at radius 1 is 1.25 bits per heavy atom. The number of anilines is 1. The number of carbonyl (C=O) groups is 2.